The fourth-order valence-corrected chi connectivity index (χ4v) is 4.05. The maximum absolute atomic E-state index is 13.0. The van der Waals surface area contributed by atoms with Crippen LogP contribution in [0.15, 0.2) is 54.6 Å². The van der Waals surface area contributed by atoms with Crippen molar-refractivity contribution in [1.29, 1.82) is 0 Å². The molecule has 1 aliphatic rings. The first-order valence-corrected chi connectivity index (χ1v) is 11.4. The molecule has 32 heavy (non-hydrogen) atoms. The maximum Gasteiger partial charge on any atom is 0.408 e. The first-order chi connectivity index (χ1) is 15.4. The predicted octanol–water partition coefficient (Wildman–Crippen LogP) is 4.46. The first kappa shape index (κ1) is 24.1. The number of carbonyl (C=O) groups is 2. The van der Waals surface area contributed by atoms with E-state index in [1.165, 1.54) is 0 Å². The number of carbonyl (C=O) groups excluding carboxylic acids is 2. The molecule has 1 atom stereocenters. The minimum absolute atomic E-state index is 0.0968. The van der Waals surface area contributed by atoms with Gasteiger partial charge in [-0.3, -0.25) is 4.79 Å². The Morgan fingerprint density at radius 1 is 1.06 bits per heavy atom. The molecule has 0 unspecified atom stereocenters. The fraction of sp³-hybridized carbons (Fsp3) is 0.440. The van der Waals surface area contributed by atoms with Crippen molar-refractivity contribution in [2.45, 2.75) is 44.8 Å². The third kappa shape index (κ3) is 6.47. The summed E-state index contributed by atoms with van der Waals surface area (Å²) < 4.78 is 10.9. The van der Waals surface area contributed by atoms with E-state index in [1.807, 2.05) is 68.4 Å². The SMILES string of the molecule is CC(C)[C@H](NC(=O)OCc1ccccc1)C(=O)NCC1(c2ccc(Cl)cc2)CCOCC1. The van der Waals surface area contributed by atoms with E-state index >= 15 is 0 Å². The van der Waals surface area contributed by atoms with Gasteiger partial charge in [0, 0.05) is 30.2 Å². The maximum atomic E-state index is 13.0. The second kappa shape index (κ2) is 11.3. The molecule has 0 saturated carbocycles. The number of hydrogen-bond donors (Lipinski definition) is 2. The minimum atomic E-state index is -0.694. The molecule has 3 rings (SSSR count). The number of benzene rings is 2. The zero-order valence-electron chi connectivity index (χ0n) is 18.6. The van der Waals surface area contributed by atoms with Crippen molar-refractivity contribution in [1.82, 2.24) is 10.6 Å². The van der Waals surface area contributed by atoms with Gasteiger partial charge in [0.15, 0.2) is 0 Å². The Morgan fingerprint density at radius 2 is 1.72 bits per heavy atom. The lowest BCUT2D eigenvalue weighted by Gasteiger charge is -2.38. The molecule has 172 valence electrons. The largest absolute Gasteiger partial charge is 0.445 e. The summed E-state index contributed by atoms with van der Waals surface area (Å²) >= 11 is 6.07. The molecule has 7 heteroatoms. The lowest BCUT2D eigenvalue weighted by atomic mass is 9.74. The van der Waals surface area contributed by atoms with Gasteiger partial charge in [-0.2, -0.15) is 0 Å². The first-order valence-electron chi connectivity index (χ1n) is 11.0. The zero-order valence-corrected chi connectivity index (χ0v) is 19.4. The Labute approximate surface area is 194 Å². The van der Waals surface area contributed by atoms with Gasteiger partial charge in [0.2, 0.25) is 5.91 Å². The summed E-state index contributed by atoms with van der Waals surface area (Å²) in [6.07, 6.45) is 0.989. The van der Waals surface area contributed by atoms with Crippen molar-refractivity contribution in [2.75, 3.05) is 19.8 Å². The van der Waals surface area contributed by atoms with Crippen LogP contribution >= 0.6 is 11.6 Å². The molecule has 2 amide bonds. The van der Waals surface area contributed by atoms with Gasteiger partial charge < -0.3 is 20.1 Å². The summed E-state index contributed by atoms with van der Waals surface area (Å²) in [6, 6.07) is 16.5. The molecule has 0 bridgehead atoms. The highest BCUT2D eigenvalue weighted by atomic mass is 35.5. The average molecular weight is 459 g/mol. The van der Waals surface area contributed by atoms with Crippen LogP contribution < -0.4 is 10.6 Å². The predicted molar refractivity (Wildman–Crippen MR) is 125 cm³/mol. The van der Waals surface area contributed by atoms with Gasteiger partial charge in [-0.1, -0.05) is 67.9 Å². The van der Waals surface area contributed by atoms with E-state index in [2.05, 4.69) is 10.6 Å². The van der Waals surface area contributed by atoms with Crippen LogP contribution in [0.25, 0.3) is 0 Å². The number of rotatable bonds is 8. The summed E-state index contributed by atoms with van der Waals surface area (Å²) in [5.41, 5.74) is 1.79. The highest BCUT2D eigenvalue weighted by Gasteiger charge is 2.36. The van der Waals surface area contributed by atoms with Crippen LogP contribution in [-0.4, -0.2) is 37.8 Å². The van der Waals surface area contributed by atoms with E-state index < -0.39 is 12.1 Å². The molecule has 2 aromatic rings. The van der Waals surface area contributed by atoms with Crippen molar-refractivity contribution < 1.29 is 19.1 Å². The molecule has 0 spiro atoms. The van der Waals surface area contributed by atoms with Gasteiger partial charge in [0.1, 0.15) is 12.6 Å². The molecule has 1 fully saturated rings. The smallest absolute Gasteiger partial charge is 0.408 e. The van der Waals surface area contributed by atoms with Crippen LogP contribution in [0.1, 0.15) is 37.8 Å². The molecule has 1 aliphatic heterocycles. The fourth-order valence-electron chi connectivity index (χ4n) is 3.93. The van der Waals surface area contributed by atoms with E-state index in [0.29, 0.717) is 24.8 Å². The van der Waals surface area contributed by atoms with Gasteiger partial charge in [0.25, 0.3) is 0 Å². The number of hydrogen-bond acceptors (Lipinski definition) is 4. The molecular weight excluding hydrogens is 428 g/mol. The van der Waals surface area contributed by atoms with Gasteiger partial charge in [-0.05, 0) is 42.0 Å². The van der Waals surface area contributed by atoms with Crippen molar-refractivity contribution in [3.05, 3.63) is 70.7 Å². The van der Waals surface area contributed by atoms with Crippen LogP contribution in [0, 0.1) is 5.92 Å². The van der Waals surface area contributed by atoms with Crippen LogP contribution in [0.5, 0.6) is 0 Å². The summed E-state index contributed by atoms with van der Waals surface area (Å²) in [4.78, 5) is 25.3. The lowest BCUT2D eigenvalue weighted by Crippen LogP contribution is -2.53. The van der Waals surface area contributed by atoms with Crippen molar-refractivity contribution in [3.63, 3.8) is 0 Å². The van der Waals surface area contributed by atoms with E-state index in [9.17, 15) is 9.59 Å². The lowest BCUT2D eigenvalue weighted by molar-refractivity contribution is -0.124. The third-order valence-electron chi connectivity index (χ3n) is 5.94. The van der Waals surface area contributed by atoms with E-state index in [4.69, 9.17) is 21.1 Å². The summed E-state index contributed by atoms with van der Waals surface area (Å²) in [5, 5.41) is 6.47. The topological polar surface area (TPSA) is 76.7 Å². The molecule has 1 saturated heterocycles. The molecule has 0 aliphatic carbocycles. The Balaban J connectivity index is 1.61. The molecule has 0 aromatic heterocycles. The number of amides is 2. The Morgan fingerprint density at radius 3 is 2.34 bits per heavy atom. The highest BCUT2D eigenvalue weighted by molar-refractivity contribution is 6.30. The molecule has 2 N–H and O–H groups in total. The van der Waals surface area contributed by atoms with Gasteiger partial charge in [-0.25, -0.2) is 4.79 Å². The normalized spacial score (nSPS) is 16.2. The summed E-state index contributed by atoms with van der Waals surface area (Å²) in [7, 11) is 0. The molecule has 0 radical (unpaired) electrons. The van der Waals surface area contributed by atoms with Crippen LogP contribution in [0.3, 0.4) is 0 Å². The van der Waals surface area contributed by atoms with Crippen molar-refractivity contribution in [2.24, 2.45) is 5.92 Å². The number of alkyl carbamates (subject to hydrolysis) is 1. The van der Waals surface area contributed by atoms with Crippen molar-refractivity contribution in [3.8, 4) is 0 Å². The molecule has 2 aromatic carbocycles. The second-order valence-electron chi connectivity index (χ2n) is 8.55. The highest BCUT2D eigenvalue weighted by Crippen LogP contribution is 2.35. The second-order valence-corrected chi connectivity index (χ2v) is 8.98. The third-order valence-corrected chi connectivity index (χ3v) is 6.19. The molecule has 6 nitrogen and oxygen atoms in total. The van der Waals surface area contributed by atoms with E-state index in [1.54, 1.807) is 0 Å². The van der Waals surface area contributed by atoms with Gasteiger partial charge >= 0.3 is 6.09 Å². The number of ether oxygens (including phenoxy) is 2. The Bertz CT molecular complexity index is 881. The summed E-state index contributed by atoms with van der Waals surface area (Å²) in [5.74, 6) is -0.322. The Kier molecular flexibility index (Phi) is 8.53. The zero-order chi connectivity index (χ0) is 23.0. The monoisotopic (exact) mass is 458 g/mol. The molecular formula is C25H31ClN2O4. The summed E-state index contributed by atoms with van der Waals surface area (Å²) in [6.45, 7) is 5.67. The average Bonchev–Trinajstić information content (AvgIpc) is 2.81. The quantitative estimate of drug-likeness (QED) is 0.612. The number of nitrogens with one attached hydrogen (secondary N) is 2. The van der Waals surface area contributed by atoms with E-state index in [0.717, 1.165) is 24.0 Å². The number of halogens is 1. The van der Waals surface area contributed by atoms with E-state index in [-0.39, 0.29) is 23.8 Å². The minimum Gasteiger partial charge on any atom is -0.445 e. The van der Waals surface area contributed by atoms with Crippen LogP contribution in [-0.2, 0) is 26.3 Å². The standard InChI is InChI=1S/C25H31ClN2O4/c1-18(2)22(28-24(30)32-16-19-6-4-3-5-7-19)23(29)27-17-25(12-14-31-15-13-25)20-8-10-21(26)11-9-20/h3-11,18,22H,12-17H2,1-2H3,(H,27,29)(H,28,30)/t22-/m0/s1. The van der Waals surface area contributed by atoms with Crippen molar-refractivity contribution >= 4 is 23.6 Å². The van der Waals surface area contributed by atoms with Gasteiger partial charge in [0.05, 0.1) is 0 Å². The Hall–Kier alpha value is -2.57. The van der Waals surface area contributed by atoms with Crippen LogP contribution in [0.2, 0.25) is 5.02 Å². The molecule has 1 heterocycles. The van der Waals surface area contributed by atoms with Gasteiger partial charge in [-0.15, -0.1) is 0 Å². The van der Waals surface area contributed by atoms with Crippen LogP contribution in [0.4, 0.5) is 4.79 Å².